The first-order valence-corrected chi connectivity index (χ1v) is 6.37. The van der Waals surface area contributed by atoms with Crippen molar-refractivity contribution in [3.05, 3.63) is 28.0 Å². The van der Waals surface area contributed by atoms with Crippen LogP contribution in [0, 0.1) is 17.1 Å². The van der Waals surface area contributed by atoms with Crippen LogP contribution in [0.1, 0.15) is 18.4 Å². The Morgan fingerprint density at radius 3 is 2.82 bits per heavy atom. The second kappa shape index (κ2) is 5.48. The van der Waals surface area contributed by atoms with E-state index in [4.69, 9.17) is 5.26 Å². The summed E-state index contributed by atoms with van der Waals surface area (Å²) in [5, 5.41) is 15.1. The van der Waals surface area contributed by atoms with Crippen molar-refractivity contribution < 1.29 is 4.39 Å². The number of nitrogens with zero attached hydrogens (tertiary/aromatic N) is 1. The SMILES string of the molecule is N#Cc1ccc(NCCNC2CC2)c(F)c1Br. The number of nitriles is 1. The van der Waals surface area contributed by atoms with Crippen LogP contribution in [-0.4, -0.2) is 19.1 Å². The van der Waals surface area contributed by atoms with Crippen LogP contribution in [0.2, 0.25) is 0 Å². The number of halogens is 2. The highest BCUT2D eigenvalue weighted by molar-refractivity contribution is 9.10. The lowest BCUT2D eigenvalue weighted by Gasteiger charge is -2.09. The molecule has 0 saturated heterocycles. The first-order valence-electron chi connectivity index (χ1n) is 5.57. The minimum absolute atomic E-state index is 0.222. The Labute approximate surface area is 108 Å². The molecular weight excluding hydrogens is 285 g/mol. The van der Waals surface area contributed by atoms with Gasteiger partial charge in [0.1, 0.15) is 6.07 Å². The molecule has 0 amide bonds. The van der Waals surface area contributed by atoms with E-state index in [0.717, 1.165) is 6.54 Å². The zero-order valence-electron chi connectivity index (χ0n) is 9.26. The van der Waals surface area contributed by atoms with Crippen molar-refractivity contribution in [3.63, 3.8) is 0 Å². The summed E-state index contributed by atoms with van der Waals surface area (Å²) in [4.78, 5) is 0. The predicted octanol–water partition coefficient (Wildman–Crippen LogP) is 2.62. The fourth-order valence-corrected chi connectivity index (χ4v) is 1.97. The van der Waals surface area contributed by atoms with Crippen molar-refractivity contribution in [3.8, 4) is 6.07 Å². The number of hydrogen-bond donors (Lipinski definition) is 2. The molecule has 1 fully saturated rings. The topological polar surface area (TPSA) is 47.9 Å². The van der Waals surface area contributed by atoms with Gasteiger partial charge in [-0.25, -0.2) is 4.39 Å². The molecule has 0 heterocycles. The number of benzene rings is 1. The summed E-state index contributed by atoms with van der Waals surface area (Å²) in [6.45, 7) is 1.49. The number of rotatable bonds is 5. The molecule has 0 radical (unpaired) electrons. The van der Waals surface area contributed by atoms with Crippen molar-refractivity contribution >= 4 is 21.6 Å². The van der Waals surface area contributed by atoms with E-state index in [0.29, 0.717) is 23.8 Å². The van der Waals surface area contributed by atoms with Gasteiger partial charge in [-0.15, -0.1) is 0 Å². The van der Waals surface area contributed by atoms with E-state index in [1.165, 1.54) is 12.8 Å². The third-order valence-corrected chi connectivity index (χ3v) is 3.43. The smallest absolute Gasteiger partial charge is 0.161 e. The highest BCUT2D eigenvalue weighted by atomic mass is 79.9. The monoisotopic (exact) mass is 297 g/mol. The Bertz CT molecular complexity index is 452. The van der Waals surface area contributed by atoms with Gasteiger partial charge in [-0.05, 0) is 40.9 Å². The van der Waals surface area contributed by atoms with Gasteiger partial charge in [0, 0.05) is 19.1 Å². The summed E-state index contributed by atoms with van der Waals surface area (Å²) in [6.07, 6.45) is 2.49. The van der Waals surface area contributed by atoms with E-state index in [9.17, 15) is 4.39 Å². The molecule has 1 aliphatic carbocycles. The minimum atomic E-state index is -0.407. The van der Waals surface area contributed by atoms with Gasteiger partial charge in [0.15, 0.2) is 5.82 Å². The summed E-state index contributed by atoms with van der Waals surface area (Å²) >= 11 is 3.08. The Balaban J connectivity index is 1.91. The molecular formula is C12H13BrFN3. The highest BCUT2D eigenvalue weighted by Gasteiger charge is 2.19. The highest BCUT2D eigenvalue weighted by Crippen LogP contribution is 2.26. The molecule has 2 N–H and O–H groups in total. The molecule has 0 bridgehead atoms. The van der Waals surface area contributed by atoms with Gasteiger partial charge in [-0.1, -0.05) is 0 Å². The van der Waals surface area contributed by atoms with Crippen molar-refractivity contribution in [2.45, 2.75) is 18.9 Å². The average Bonchev–Trinajstić information content (AvgIpc) is 3.14. The van der Waals surface area contributed by atoms with Crippen LogP contribution in [0.25, 0.3) is 0 Å². The molecule has 2 rings (SSSR count). The third kappa shape index (κ3) is 3.18. The lowest BCUT2D eigenvalue weighted by atomic mass is 10.2. The number of nitrogens with one attached hydrogen (secondary N) is 2. The van der Waals surface area contributed by atoms with Crippen LogP contribution in [0.4, 0.5) is 10.1 Å². The zero-order chi connectivity index (χ0) is 12.3. The maximum Gasteiger partial charge on any atom is 0.161 e. The molecule has 90 valence electrons. The Kier molecular flexibility index (Phi) is 3.97. The first-order chi connectivity index (χ1) is 8.22. The van der Waals surface area contributed by atoms with E-state index in [2.05, 4.69) is 26.6 Å². The van der Waals surface area contributed by atoms with Gasteiger partial charge >= 0.3 is 0 Å². The molecule has 0 aromatic heterocycles. The molecule has 1 aromatic rings. The molecule has 0 atom stereocenters. The molecule has 0 aliphatic heterocycles. The summed E-state index contributed by atoms with van der Waals surface area (Å²) in [7, 11) is 0. The van der Waals surface area contributed by atoms with E-state index in [-0.39, 0.29) is 4.47 Å². The lowest BCUT2D eigenvalue weighted by Crippen LogP contribution is -2.24. The third-order valence-electron chi connectivity index (χ3n) is 2.65. The molecule has 3 nitrogen and oxygen atoms in total. The molecule has 0 unspecified atom stereocenters. The second-order valence-corrected chi connectivity index (χ2v) is 4.85. The Hall–Kier alpha value is -1.12. The van der Waals surface area contributed by atoms with Gasteiger partial charge < -0.3 is 10.6 Å². The molecule has 1 saturated carbocycles. The quantitative estimate of drug-likeness (QED) is 0.822. The first kappa shape index (κ1) is 12.3. The predicted molar refractivity (Wildman–Crippen MR) is 68.3 cm³/mol. The van der Waals surface area contributed by atoms with E-state index < -0.39 is 5.82 Å². The van der Waals surface area contributed by atoms with Crippen LogP contribution < -0.4 is 10.6 Å². The fraction of sp³-hybridized carbons (Fsp3) is 0.417. The lowest BCUT2D eigenvalue weighted by molar-refractivity contribution is 0.621. The van der Waals surface area contributed by atoms with Gasteiger partial charge in [0.25, 0.3) is 0 Å². The number of anilines is 1. The van der Waals surface area contributed by atoms with E-state index in [1.807, 2.05) is 6.07 Å². The molecule has 1 aromatic carbocycles. The van der Waals surface area contributed by atoms with Crippen LogP contribution in [0.15, 0.2) is 16.6 Å². The van der Waals surface area contributed by atoms with Crippen molar-refractivity contribution in [1.82, 2.24) is 5.32 Å². The summed E-state index contributed by atoms with van der Waals surface area (Å²) in [5.41, 5.74) is 0.734. The van der Waals surface area contributed by atoms with Gasteiger partial charge in [-0.3, -0.25) is 0 Å². The maximum absolute atomic E-state index is 13.8. The van der Waals surface area contributed by atoms with Gasteiger partial charge in [0.05, 0.1) is 15.7 Å². The zero-order valence-corrected chi connectivity index (χ0v) is 10.8. The van der Waals surface area contributed by atoms with Crippen molar-refractivity contribution in [2.24, 2.45) is 0 Å². The molecule has 1 aliphatic rings. The fourth-order valence-electron chi connectivity index (χ4n) is 1.53. The molecule has 17 heavy (non-hydrogen) atoms. The van der Waals surface area contributed by atoms with Crippen LogP contribution in [0.5, 0.6) is 0 Å². The van der Waals surface area contributed by atoms with E-state index in [1.54, 1.807) is 12.1 Å². The average molecular weight is 298 g/mol. The van der Waals surface area contributed by atoms with Crippen LogP contribution in [0.3, 0.4) is 0 Å². The largest absolute Gasteiger partial charge is 0.381 e. The summed E-state index contributed by atoms with van der Waals surface area (Å²) < 4.78 is 14.0. The minimum Gasteiger partial charge on any atom is -0.381 e. The van der Waals surface area contributed by atoms with Crippen LogP contribution in [-0.2, 0) is 0 Å². The molecule has 0 spiro atoms. The Morgan fingerprint density at radius 2 is 2.18 bits per heavy atom. The second-order valence-electron chi connectivity index (χ2n) is 4.06. The summed E-state index contributed by atoms with van der Waals surface area (Å²) in [6, 6.07) is 5.78. The molecule has 5 heteroatoms. The van der Waals surface area contributed by atoms with Gasteiger partial charge in [0.2, 0.25) is 0 Å². The van der Waals surface area contributed by atoms with Crippen molar-refractivity contribution in [1.29, 1.82) is 5.26 Å². The summed E-state index contributed by atoms with van der Waals surface area (Å²) in [5.74, 6) is -0.407. The Morgan fingerprint density at radius 1 is 1.41 bits per heavy atom. The normalized spacial score (nSPS) is 14.4. The van der Waals surface area contributed by atoms with E-state index >= 15 is 0 Å². The number of hydrogen-bond acceptors (Lipinski definition) is 3. The van der Waals surface area contributed by atoms with Gasteiger partial charge in [-0.2, -0.15) is 5.26 Å². The van der Waals surface area contributed by atoms with Crippen LogP contribution >= 0.6 is 15.9 Å². The van der Waals surface area contributed by atoms with Crippen molar-refractivity contribution in [2.75, 3.05) is 18.4 Å². The maximum atomic E-state index is 13.8. The standard InChI is InChI=1S/C12H13BrFN3/c13-11-8(7-15)1-4-10(12(11)14)17-6-5-16-9-2-3-9/h1,4,9,16-17H,2-3,5-6H2.